The number of hydrogen-bond acceptors (Lipinski definition) is 3. The molecule has 4 nitrogen and oxygen atoms in total. The first-order valence-electron chi connectivity index (χ1n) is 9.49. The maximum Gasteiger partial charge on any atom is 0.276 e. The molecule has 4 aliphatic carbocycles. The molecule has 0 aromatic carbocycles. The smallest absolute Gasteiger partial charge is 0.276 e. The average Bonchev–Trinajstić information content (AvgIpc) is 2.78. The largest absolute Gasteiger partial charge is 0.304 e. The van der Waals surface area contributed by atoms with E-state index in [0.29, 0.717) is 11.8 Å². The number of pyridine rings is 2. The van der Waals surface area contributed by atoms with Gasteiger partial charge in [0, 0.05) is 40.5 Å². The van der Waals surface area contributed by atoms with Crippen molar-refractivity contribution >= 4 is 16.6 Å². The molecule has 0 amide bonds. The fourth-order valence-electron chi connectivity index (χ4n) is 6.10. The fourth-order valence-corrected chi connectivity index (χ4v) is 6.10. The zero-order valence-corrected chi connectivity index (χ0v) is 14.4. The van der Waals surface area contributed by atoms with Gasteiger partial charge in [0.25, 0.3) is 5.56 Å². The summed E-state index contributed by atoms with van der Waals surface area (Å²) in [5.41, 5.74) is 5.36. The number of aryl methyl sites for hydroxylation is 1. The van der Waals surface area contributed by atoms with Crippen molar-refractivity contribution < 1.29 is 0 Å². The molecule has 4 bridgehead atoms. The van der Waals surface area contributed by atoms with Crippen molar-refractivity contribution in [2.45, 2.75) is 50.9 Å². The molecule has 4 aliphatic rings. The lowest BCUT2D eigenvalue weighted by Crippen LogP contribution is -2.26. The average molecular weight is 331 g/mol. The first-order valence-corrected chi connectivity index (χ1v) is 9.49. The Morgan fingerprint density at radius 2 is 1.84 bits per heavy atom. The van der Waals surface area contributed by atoms with Crippen LogP contribution in [0.2, 0.25) is 0 Å². The van der Waals surface area contributed by atoms with Crippen LogP contribution in [-0.4, -0.2) is 14.4 Å². The van der Waals surface area contributed by atoms with E-state index in [2.05, 4.69) is 15.5 Å². The van der Waals surface area contributed by atoms with Crippen molar-refractivity contribution in [1.29, 1.82) is 0 Å². The highest BCUT2D eigenvalue weighted by Crippen LogP contribution is 2.57. The molecule has 2 unspecified atom stereocenters. The molecule has 7 rings (SSSR count). The van der Waals surface area contributed by atoms with Crippen LogP contribution in [0.1, 0.15) is 60.8 Å². The predicted octanol–water partition coefficient (Wildman–Crippen LogP) is 3.94. The van der Waals surface area contributed by atoms with Crippen LogP contribution < -0.4 is 5.56 Å². The lowest BCUT2D eigenvalue weighted by Gasteiger charge is -2.38. The fraction of sp³-hybridized carbons (Fsp3) is 0.476. The second kappa shape index (κ2) is 4.69. The van der Waals surface area contributed by atoms with Crippen LogP contribution in [0.25, 0.3) is 16.6 Å². The van der Waals surface area contributed by atoms with Gasteiger partial charge in [-0.15, -0.1) is 0 Å². The van der Waals surface area contributed by atoms with Crippen LogP contribution in [0.15, 0.2) is 29.3 Å². The number of fused-ring (bicyclic) bond motifs is 3. The van der Waals surface area contributed by atoms with Gasteiger partial charge >= 0.3 is 0 Å². The molecule has 0 aliphatic heterocycles. The lowest BCUT2D eigenvalue weighted by molar-refractivity contribution is 0.165. The molecule has 126 valence electrons. The third-order valence-electron chi connectivity index (χ3n) is 6.87. The lowest BCUT2D eigenvalue weighted by atomic mass is 9.67. The Labute approximate surface area is 145 Å². The third-order valence-corrected chi connectivity index (χ3v) is 6.87. The van der Waals surface area contributed by atoms with E-state index in [1.54, 1.807) is 0 Å². The maximum absolute atomic E-state index is 12.3. The van der Waals surface area contributed by atoms with Crippen molar-refractivity contribution in [3.63, 3.8) is 0 Å². The monoisotopic (exact) mass is 331 g/mol. The maximum atomic E-state index is 12.3. The van der Waals surface area contributed by atoms with Crippen LogP contribution in [-0.2, 0) is 0 Å². The van der Waals surface area contributed by atoms with E-state index in [-0.39, 0.29) is 5.56 Å². The summed E-state index contributed by atoms with van der Waals surface area (Å²) >= 11 is 0. The number of nitrogens with zero attached hydrogens (tertiary/aromatic N) is 3. The Balaban J connectivity index is 1.84. The molecule has 4 heteroatoms. The standard InChI is InChI=1S/C21H21N3O/c1-11-10-24-19-15-8-12-5-13(9-15)7-14(6-12)17(19)18-16(3-2-4-22-18)20(24)23-21(11)25/h2-4,10,12-15H,5-9H2,1H3. The number of aromatic nitrogens is 3. The van der Waals surface area contributed by atoms with Crippen molar-refractivity contribution in [2.75, 3.05) is 0 Å². The van der Waals surface area contributed by atoms with E-state index >= 15 is 0 Å². The Morgan fingerprint density at radius 3 is 2.64 bits per heavy atom. The highest BCUT2D eigenvalue weighted by Gasteiger charge is 2.44. The predicted molar refractivity (Wildman–Crippen MR) is 97.0 cm³/mol. The van der Waals surface area contributed by atoms with E-state index in [4.69, 9.17) is 4.98 Å². The summed E-state index contributed by atoms with van der Waals surface area (Å²) in [6.07, 6.45) is 10.5. The quantitative estimate of drug-likeness (QED) is 0.586. The van der Waals surface area contributed by atoms with Crippen LogP contribution in [0.3, 0.4) is 0 Å². The number of rotatable bonds is 0. The summed E-state index contributed by atoms with van der Waals surface area (Å²) in [6.45, 7) is 1.88. The van der Waals surface area contributed by atoms with Crippen molar-refractivity contribution in [3.05, 3.63) is 51.7 Å². The Bertz CT molecular complexity index is 1090. The van der Waals surface area contributed by atoms with E-state index < -0.39 is 0 Å². The van der Waals surface area contributed by atoms with Crippen molar-refractivity contribution in [3.8, 4) is 0 Å². The molecule has 2 atom stereocenters. The van der Waals surface area contributed by atoms with Gasteiger partial charge in [-0.1, -0.05) is 0 Å². The Hall–Kier alpha value is -2.23. The van der Waals surface area contributed by atoms with Crippen LogP contribution in [0, 0.1) is 18.8 Å². The molecule has 25 heavy (non-hydrogen) atoms. The Kier molecular flexibility index (Phi) is 2.62. The third kappa shape index (κ3) is 1.80. The summed E-state index contributed by atoms with van der Waals surface area (Å²) < 4.78 is 2.25. The van der Waals surface area contributed by atoms with Gasteiger partial charge in [-0.2, -0.15) is 4.98 Å². The SMILES string of the molecule is Cc1cn2c3c(c4ncccc4c2nc1=O)C1CC2CC(C1)CC3C2. The normalized spacial score (nSPS) is 30.0. The van der Waals surface area contributed by atoms with E-state index in [1.165, 1.54) is 43.4 Å². The second-order valence-corrected chi connectivity index (χ2v) is 8.43. The molecule has 0 saturated heterocycles. The van der Waals surface area contributed by atoms with Crippen molar-refractivity contribution in [2.24, 2.45) is 11.8 Å². The minimum atomic E-state index is -0.121. The van der Waals surface area contributed by atoms with Crippen LogP contribution >= 0.6 is 0 Å². The van der Waals surface area contributed by atoms with Gasteiger partial charge in [-0.3, -0.25) is 9.78 Å². The summed E-state index contributed by atoms with van der Waals surface area (Å²) in [5, 5.41) is 1.03. The highest BCUT2D eigenvalue weighted by molar-refractivity contribution is 5.94. The first kappa shape index (κ1) is 14.0. The number of hydrogen-bond donors (Lipinski definition) is 0. The van der Waals surface area contributed by atoms with E-state index in [1.807, 2.05) is 25.4 Å². The van der Waals surface area contributed by atoms with Gasteiger partial charge < -0.3 is 4.40 Å². The van der Waals surface area contributed by atoms with E-state index in [9.17, 15) is 4.79 Å². The molecule has 0 spiro atoms. The molecule has 0 radical (unpaired) electrons. The summed E-state index contributed by atoms with van der Waals surface area (Å²) in [5.74, 6) is 2.92. The summed E-state index contributed by atoms with van der Waals surface area (Å²) in [6, 6.07) is 4.04. The second-order valence-electron chi connectivity index (χ2n) is 8.43. The molecule has 3 heterocycles. The highest BCUT2D eigenvalue weighted by atomic mass is 16.1. The van der Waals surface area contributed by atoms with Crippen LogP contribution in [0.5, 0.6) is 0 Å². The van der Waals surface area contributed by atoms with Gasteiger partial charge in [0.15, 0.2) is 5.65 Å². The first-order chi connectivity index (χ1) is 12.2. The molecular formula is C21H21N3O. The summed E-state index contributed by atoms with van der Waals surface area (Å²) in [7, 11) is 0. The van der Waals surface area contributed by atoms with Gasteiger partial charge in [-0.25, -0.2) is 0 Å². The van der Waals surface area contributed by atoms with Gasteiger partial charge in [-0.05, 0) is 68.9 Å². The zero-order chi connectivity index (χ0) is 16.7. The van der Waals surface area contributed by atoms with Gasteiger partial charge in [0.1, 0.15) is 0 Å². The summed E-state index contributed by atoms with van der Waals surface area (Å²) in [4.78, 5) is 21.5. The Morgan fingerprint density at radius 1 is 1.08 bits per heavy atom. The molecule has 2 saturated carbocycles. The minimum Gasteiger partial charge on any atom is -0.304 e. The molecule has 2 fully saturated rings. The zero-order valence-electron chi connectivity index (χ0n) is 14.4. The van der Waals surface area contributed by atoms with Crippen LogP contribution in [0.4, 0.5) is 0 Å². The minimum absolute atomic E-state index is 0.121. The molecule has 3 aromatic rings. The van der Waals surface area contributed by atoms with E-state index in [0.717, 1.165) is 33.9 Å². The molecule has 0 N–H and O–H groups in total. The molecular weight excluding hydrogens is 310 g/mol. The van der Waals surface area contributed by atoms with Gasteiger partial charge in [0.05, 0.1) is 5.52 Å². The van der Waals surface area contributed by atoms with Crippen molar-refractivity contribution in [1.82, 2.24) is 14.4 Å². The van der Waals surface area contributed by atoms with Gasteiger partial charge in [0.2, 0.25) is 0 Å². The molecule has 3 aromatic heterocycles. The topological polar surface area (TPSA) is 47.3 Å².